The lowest BCUT2D eigenvalue weighted by Gasteiger charge is -2.39. The fraction of sp³-hybridized carbons (Fsp3) is 0.650. The van der Waals surface area contributed by atoms with Gasteiger partial charge in [-0.1, -0.05) is 19.1 Å². The van der Waals surface area contributed by atoms with Gasteiger partial charge in [0.1, 0.15) is 5.75 Å². The van der Waals surface area contributed by atoms with Gasteiger partial charge in [-0.05, 0) is 31.9 Å². The Morgan fingerprint density at radius 3 is 2.50 bits per heavy atom. The van der Waals surface area contributed by atoms with Crippen LogP contribution in [-0.4, -0.2) is 85.5 Å². The maximum absolute atomic E-state index is 13.1. The van der Waals surface area contributed by atoms with Gasteiger partial charge in [-0.3, -0.25) is 9.69 Å². The largest absolute Gasteiger partial charge is 0.506 e. The lowest BCUT2D eigenvalue weighted by atomic mass is 10.1. The van der Waals surface area contributed by atoms with Crippen molar-refractivity contribution in [3.63, 3.8) is 0 Å². The molecule has 28 heavy (non-hydrogen) atoms. The molecule has 3 rings (SSSR count). The summed E-state index contributed by atoms with van der Waals surface area (Å²) < 4.78 is 23.8. The molecule has 2 aliphatic rings. The minimum absolute atomic E-state index is 0.0208. The number of phenols is 1. The average Bonchev–Trinajstić information content (AvgIpc) is 3.02. The number of carbonyl (C=O) groups is 1. The second-order valence-corrected chi connectivity index (χ2v) is 10.1. The number of sulfone groups is 1. The maximum atomic E-state index is 13.1. The Morgan fingerprint density at radius 1 is 1.25 bits per heavy atom. The zero-order chi connectivity index (χ0) is 20.3. The van der Waals surface area contributed by atoms with Gasteiger partial charge in [0.05, 0.1) is 23.7 Å². The first-order valence-electron chi connectivity index (χ1n) is 10.1. The Hall–Kier alpha value is -1.80. The van der Waals surface area contributed by atoms with E-state index in [4.69, 9.17) is 0 Å². The highest BCUT2D eigenvalue weighted by Crippen LogP contribution is 2.27. The van der Waals surface area contributed by atoms with E-state index in [0.29, 0.717) is 13.0 Å². The van der Waals surface area contributed by atoms with Crippen molar-refractivity contribution < 1.29 is 18.3 Å². The van der Waals surface area contributed by atoms with E-state index in [1.165, 1.54) is 0 Å². The highest BCUT2D eigenvalue weighted by Gasteiger charge is 2.37. The van der Waals surface area contributed by atoms with E-state index >= 15 is 0 Å². The summed E-state index contributed by atoms with van der Waals surface area (Å²) in [7, 11) is -3.03. The first-order valence-corrected chi connectivity index (χ1v) is 11.9. The number of carbonyl (C=O) groups excluding carboxylic acids is 1. The zero-order valence-corrected chi connectivity index (χ0v) is 17.6. The van der Waals surface area contributed by atoms with Gasteiger partial charge >= 0.3 is 0 Å². The minimum Gasteiger partial charge on any atom is -0.506 e. The van der Waals surface area contributed by atoms with Gasteiger partial charge in [0, 0.05) is 38.3 Å². The van der Waals surface area contributed by atoms with Crippen LogP contribution in [0.3, 0.4) is 0 Å². The molecular weight excluding hydrogens is 378 g/mol. The summed E-state index contributed by atoms with van der Waals surface area (Å²) in [5.41, 5.74) is 0.825. The van der Waals surface area contributed by atoms with Crippen molar-refractivity contribution >= 4 is 21.4 Å². The Bertz CT molecular complexity index is 790. The van der Waals surface area contributed by atoms with E-state index in [1.54, 1.807) is 12.1 Å². The van der Waals surface area contributed by atoms with Crippen molar-refractivity contribution in [1.82, 2.24) is 9.80 Å². The SMILES string of the molecule is CC[C@H](C)N(C(=O)CN1CCN(c2ccccc2O)CC1)[C@@H]1CCS(=O)(=O)C1. The molecule has 1 amide bonds. The molecule has 0 saturated carbocycles. The van der Waals surface area contributed by atoms with Gasteiger partial charge in [0.25, 0.3) is 0 Å². The molecule has 156 valence electrons. The monoisotopic (exact) mass is 409 g/mol. The number of anilines is 1. The molecule has 0 aliphatic carbocycles. The minimum atomic E-state index is -3.03. The van der Waals surface area contributed by atoms with Crippen molar-refractivity contribution in [2.45, 2.75) is 38.8 Å². The van der Waals surface area contributed by atoms with Crippen molar-refractivity contribution in [2.24, 2.45) is 0 Å². The highest BCUT2D eigenvalue weighted by molar-refractivity contribution is 7.91. The molecule has 1 aromatic rings. The molecule has 0 unspecified atom stereocenters. The van der Waals surface area contributed by atoms with Crippen molar-refractivity contribution in [2.75, 3.05) is 49.1 Å². The maximum Gasteiger partial charge on any atom is 0.237 e. The van der Waals surface area contributed by atoms with Gasteiger partial charge in [-0.25, -0.2) is 8.42 Å². The van der Waals surface area contributed by atoms with Crippen LogP contribution >= 0.6 is 0 Å². The lowest BCUT2D eigenvalue weighted by Crippen LogP contribution is -2.53. The quantitative estimate of drug-likeness (QED) is 0.763. The first-order chi connectivity index (χ1) is 13.3. The molecule has 2 aliphatic heterocycles. The summed E-state index contributed by atoms with van der Waals surface area (Å²) in [6.45, 7) is 7.29. The second kappa shape index (κ2) is 8.69. The fourth-order valence-corrected chi connectivity index (χ4v) is 5.86. The number of hydrogen-bond acceptors (Lipinski definition) is 6. The van der Waals surface area contributed by atoms with Crippen LogP contribution in [-0.2, 0) is 14.6 Å². The molecule has 0 aromatic heterocycles. The molecule has 7 nitrogen and oxygen atoms in total. The van der Waals surface area contributed by atoms with Crippen LogP contribution in [0.25, 0.3) is 0 Å². The van der Waals surface area contributed by atoms with Crippen LogP contribution in [0, 0.1) is 0 Å². The Balaban J connectivity index is 1.59. The summed E-state index contributed by atoms with van der Waals surface area (Å²) in [5.74, 6) is 0.561. The number of benzene rings is 1. The molecule has 0 radical (unpaired) electrons. The van der Waals surface area contributed by atoms with Gasteiger partial charge < -0.3 is 14.9 Å². The van der Waals surface area contributed by atoms with Crippen LogP contribution in [0.4, 0.5) is 5.69 Å². The molecule has 2 saturated heterocycles. The van der Waals surface area contributed by atoms with Gasteiger partial charge in [-0.15, -0.1) is 0 Å². The van der Waals surface area contributed by atoms with Crippen molar-refractivity contribution in [3.8, 4) is 5.75 Å². The summed E-state index contributed by atoms with van der Waals surface area (Å²) >= 11 is 0. The van der Waals surface area contributed by atoms with E-state index in [2.05, 4.69) is 9.80 Å². The molecule has 0 spiro atoms. The molecule has 0 bridgehead atoms. The van der Waals surface area contributed by atoms with Crippen molar-refractivity contribution in [1.29, 1.82) is 0 Å². The summed E-state index contributed by atoms with van der Waals surface area (Å²) in [5, 5.41) is 10.0. The molecule has 8 heteroatoms. The van der Waals surface area contributed by atoms with E-state index < -0.39 is 9.84 Å². The predicted octanol–water partition coefficient (Wildman–Crippen LogP) is 1.33. The lowest BCUT2D eigenvalue weighted by molar-refractivity contribution is -0.136. The summed E-state index contributed by atoms with van der Waals surface area (Å²) in [4.78, 5) is 19.1. The van der Waals surface area contributed by atoms with Crippen LogP contribution in [0.2, 0.25) is 0 Å². The van der Waals surface area contributed by atoms with Crippen LogP contribution in [0.15, 0.2) is 24.3 Å². The number of hydrogen-bond donors (Lipinski definition) is 1. The van der Waals surface area contributed by atoms with Gasteiger partial charge in [0.15, 0.2) is 9.84 Å². The standard InChI is InChI=1S/C20H31N3O4S/c1-3-16(2)23(17-8-13-28(26,27)15-17)20(25)14-21-9-11-22(12-10-21)18-6-4-5-7-19(18)24/h4-7,16-17,24H,3,8-15H2,1-2H3/t16-,17+/m0/s1. The van der Waals surface area contributed by atoms with Crippen LogP contribution in [0.5, 0.6) is 5.75 Å². The van der Waals surface area contributed by atoms with E-state index in [0.717, 1.165) is 38.3 Å². The van der Waals surface area contributed by atoms with Crippen LogP contribution < -0.4 is 4.90 Å². The van der Waals surface area contributed by atoms with Gasteiger partial charge in [0.2, 0.25) is 5.91 Å². The van der Waals surface area contributed by atoms with E-state index in [1.807, 2.05) is 30.9 Å². The van der Waals surface area contributed by atoms with Crippen LogP contribution in [0.1, 0.15) is 26.7 Å². The third-order valence-electron chi connectivity index (χ3n) is 5.91. The molecule has 2 fully saturated rings. The topological polar surface area (TPSA) is 81.2 Å². The Labute approximate surface area is 167 Å². The van der Waals surface area contributed by atoms with E-state index in [9.17, 15) is 18.3 Å². The molecule has 2 heterocycles. The predicted molar refractivity (Wildman–Crippen MR) is 110 cm³/mol. The Kier molecular flexibility index (Phi) is 6.50. The molecular formula is C20H31N3O4S. The second-order valence-electron chi connectivity index (χ2n) is 7.87. The average molecular weight is 410 g/mol. The number of aromatic hydroxyl groups is 1. The first kappa shape index (κ1) is 20.9. The summed E-state index contributed by atoms with van der Waals surface area (Å²) in [6.07, 6.45) is 1.35. The molecule has 1 aromatic carbocycles. The number of para-hydroxylation sites is 2. The van der Waals surface area contributed by atoms with Crippen molar-refractivity contribution in [3.05, 3.63) is 24.3 Å². The third-order valence-corrected chi connectivity index (χ3v) is 7.66. The summed E-state index contributed by atoms with van der Waals surface area (Å²) in [6, 6.07) is 7.14. The number of rotatable bonds is 6. The zero-order valence-electron chi connectivity index (χ0n) is 16.7. The third kappa shape index (κ3) is 4.78. The van der Waals surface area contributed by atoms with Gasteiger partial charge in [-0.2, -0.15) is 0 Å². The Morgan fingerprint density at radius 2 is 1.93 bits per heavy atom. The number of nitrogens with zero attached hydrogens (tertiary/aromatic N) is 3. The normalized spacial score (nSPS) is 23.5. The van der Waals surface area contributed by atoms with E-state index in [-0.39, 0.29) is 35.2 Å². The highest BCUT2D eigenvalue weighted by atomic mass is 32.2. The number of piperazine rings is 1. The number of phenolic OH excluding ortho intramolecular Hbond substituents is 1. The number of amides is 1. The molecule has 2 atom stereocenters. The smallest absolute Gasteiger partial charge is 0.237 e. The fourth-order valence-electron chi connectivity index (χ4n) is 4.15. The molecule has 1 N–H and O–H groups in total.